The molecule has 0 bridgehead atoms. The molecular weight excluding hydrogens is 444 g/mol. The molecule has 0 unspecified atom stereocenters. The number of anilines is 1. The molecule has 0 atom stereocenters. The zero-order valence-electron chi connectivity index (χ0n) is 19.4. The van der Waals surface area contributed by atoms with Crippen molar-refractivity contribution >= 4 is 28.4 Å². The largest absolute Gasteiger partial charge is 0.486 e. The van der Waals surface area contributed by atoms with E-state index in [0.29, 0.717) is 28.8 Å². The second-order valence-electron chi connectivity index (χ2n) is 8.02. The molecule has 3 heterocycles. The second kappa shape index (κ2) is 9.30. The number of aromatic nitrogens is 4. The lowest BCUT2D eigenvalue weighted by molar-refractivity contribution is 0.0957. The molecule has 3 aromatic heterocycles. The number of pyridine rings is 1. The lowest BCUT2D eigenvalue weighted by Crippen LogP contribution is -2.34. The number of nitrogens with zero attached hydrogens (tertiary/aromatic N) is 4. The molecule has 0 saturated heterocycles. The van der Waals surface area contributed by atoms with Gasteiger partial charge in [-0.3, -0.25) is 25.0 Å². The molecule has 9 nitrogen and oxygen atoms in total. The predicted octanol–water partition coefficient (Wildman–Crippen LogP) is 3.71. The number of carbonyl (C=O) groups is 1. The highest BCUT2D eigenvalue weighted by atomic mass is 16.5. The Bertz CT molecular complexity index is 1600. The normalized spacial score (nSPS) is 11.0. The van der Waals surface area contributed by atoms with Gasteiger partial charge in [0.25, 0.3) is 11.5 Å². The van der Waals surface area contributed by atoms with Crippen LogP contribution in [-0.4, -0.2) is 24.8 Å². The van der Waals surface area contributed by atoms with E-state index >= 15 is 0 Å². The van der Waals surface area contributed by atoms with Crippen LogP contribution in [0, 0.1) is 6.92 Å². The molecule has 1 amide bonds. The number of nitrogens with one attached hydrogen (secondary N) is 2. The van der Waals surface area contributed by atoms with Gasteiger partial charge < -0.3 is 9.14 Å². The SMILES string of the molecule is CCn1c(NNC(=O)c2ccccc2OCc2cn3cccc(C)c3n2)nc2ccccc2c1=O. The van der Waals surface area contributed by atoms with E-state index in [1.165, 1.54) is 4.57 Å². The van der Waals surface area contributed by atoms with Crippen LogP contribution < -0.4 is 21.1 Å². The number of hydrogen-bond acceptors (Lipinski definition) is 6. The lowest BCUT2D eigenvalue weighted by Gasteiger charge is -2.15. The molecule has 5 aromatic rings. The zero-order valence-corrected chi connectivity index (χ0v) is 19.4. The van der Waals surface area contributed by atoms with E-state index in [4.69, 9.17) is 4.74 Å². The van der Waals surface area contributed by atoms with Gasteiger partial charge in [-0.15, -0.1) is 0 Å². The number of aryl methyl sites for hydroxylation is 1. The summed E-state index contributed by atoms with van der Waals surface area (Å²) in [6.07, 6.45) is 3.84. The summed E-state index contributed by atoms with van der Waals surface area (Å²) in [6, 6.07) is 18.0. The number of ether oxygens (including phenoxy) is 1. The maximum Gasteiger partial charge on any atom is 0.273 e. The Balaban J connectivity index is 1.34. The van der Waals surface area contributed by atoms with Crippen molar-refractivity contribution in [3.8, 4) is 5.75 Å². The van der Waals surface area contributed by atoms with Crippen LogP contribution in [0.1, 0.15) is 28.5 Å². The summed E-state index contributed by atoms with van der Waals surface area (Å²) in [7, 11) is 0. The molecular formula is C26H24N6O3. The number of fused-ring (bicyclic) bond motifs is 2. The number of amides is 1. The maximum absolute atomic E-state index is 13.0. The molecule has 0 fully saturated rings. The number of benzene rings is 2. The Morgan fingerprint density at radius 3 is 2.66 bits per heavy atom. The summed E-state index contributed by atoms with van der Waals surface area (Å²) in [6.45, 7) is 4.45. The van der Waals surface area contributed by atoms with Crippen LogP contribution in [0.15, 0.2) is 77.9 Å². The molecule has 176 valence electrons. The van der Waals surface area contributed by atoms with E-state index in [9.17, 15) is 9.59 Å². The monoisotopic (exact) mass is 468 g/mol. The highest BCUT2D eigenvalue weighted by molar-refractivity contribution is 5.97. The molecule has 0 aliphatic heterocycles. The van der Waals surface area contributed by atoms with Gasteiger partial charge in [0.2, 0.25) is 5.95 Å². The van der Waals surface area contributed by atoms with E-state index in [2.05, 4.69) is 20.8 Å². The third-order valence-corrected chi connectivity index (χ3v) is 5.70. The molecule has 2 aromatic carbocycles. The van der Waals surface area contributed by atoms with Crippen molar-refractivity contribution in [3.63, 3.8) is 0 Å². The molecule has 35 heavy (non-hydrogen) atoms. The van der Waals surface area contributed by atoms with E-state index in [-0.39, 0.29) is 18.1 Å². The van der Waals surface area contributed by atoms with Crippen LogP contribution in [0.4, 0.5) is 5.95 Å². The highest BCUT2D eigenvalue weighted by Gasteiger charge is 2.15. The van der Waals surface area contributed by atoms with E-state index < -0.39 is 5.91 Å². The maximum atomic E-state index is 13.0. The fourth-order valence-electron chi connectivity index (χ4n) is 3.94. The standard InChI is InChI=1S/C26H24N6O3/c1-3-32-25(34)19-10-4-6-12-21(19)28-26(32)30-29-24(33)20-11-5-7-13-22(20)35-16-18-15-31-14-8-9-17(2)23(31)27-18/h4-15H,3,16H2,1-2H3,(H,28,30)(H,29,33). The van der Waals surface area contributed by atoms with Crippen LogP contribution in [-0.2, 0) is 13.2 Å². The van der Waals surface area contributed by atoms with Gasteiger partial charge in [0.05, 0.1) is 22.2 Å². The lowest BCUT2D eigenvalue weighted by atomic mass is 10.2. The van der Waals surface area contributed by atoms with Gasteiger partial charge in [0.15, 0.2) is 0 Å². The molecule has 0 spiro atoms. The Hall–Kier alpha value is -4.66. The van der Waals surface area contributed by atoms with E-state index in [0.717, 1.165) is 16.9 Å². The second-order valence-corrected chi connectivity index (χ2v) is 8.02. The minimum atomic E-state index is -0.420. The molecule has 9 heteroatoms. The number of rotatable bonds is 7. The van der Waals surface area contributed by atoms with Crippen LogP contribution >= 0.6 is 0 Å². The van der Waals surface area contributed by atoms with Gasteiger partial charge in [0.1, 0.15) is 18.0 Å². The van der Waals surface area contributed by atoms with Crippen molar-refractivity contribution in [2.75, 3.05) is 5.43 Å². The third-order valence-electron chi connectivity index (χ3n) is 5.70. The number of carbonyl (C=O) groups excluding carboxylic acids is 1. The van der Waals surface area contributed by atoms with Crippen molar-refractivity contribution in [1.29, 1.82) is 0 Å². The topological polar surface area (TPSA) is 103 Å². The van der Waals surface area contributed by atoms with Crippen molar-refractivity contribution in [3.05, 3.63) is 100 Å². The quantitative estimate of drug-likeness (QED) is 0.353. The molecule has 0 aliphatic rings. The summed E-state index contributed by atoms with van der Waals surface area (Å²) in [5.41, 5.74) is 8.83. The third kappa shape index (κ3) is 4.31. The minimum absolute atomic E-state index is 0.179. The van der Waals surface area contributed by atoms with Crippen molar-refractivity contribution in [1.82, 2.24) is 24.4 Å². The fraction of sp³-hybridized carbons (Fsp3) is 0.154. The number of para-hydroxylation sites is 2. The first-order chi connectivity index (χ1) is 17.0. The average Bonchev–Trinajstić information content (AvgIpc) is 3.31. The van der Waals surface area contributed by atoms with Crippen LogP contribution in [0.5, 0.6) is 5.75 Å². The highest BCUT2D eigenvalue weighted by Crippen LogP contribution is 2.20. The van der Waals surface area contributed by atoms with Crippen molar-refractivity contribution < 1.29 is 9.53 Å². The van der Waals surface area contributed by atoms with Crippen molar-refractivity contribution in [2.45, 2.75) is 27.0 Å². The minimum Gasteiger partial charge on any atom is -0.486 e. The van der Waals surface area contributed by atoms with Gasteiger partial charge in [-0.25, -0.2) is 9.97 Å². The van der Waals surface area contributed by atoms with Crippen LogP contribution in [0.2, 0.25) is 0 Å². The molecule has 2 N–H and O–H groups in total. The molecule has 0 aliphatic carbocycles. The molecule has 5 rings (SSSR count). The van der Waals surface area contributed by atoms with Crippen LogP contribution in [0.3, 0.4) is 0 Å². The van der Waals surface area contributed by atoms with E-state index in [1.807, 2.05) is 48.8 Å². The smallest absolute Gasteiger partial charge is 0.273 e. The van der Waals surface area contributed by atoms with Gasteiger partial charge in [-0.2, -0.15) is 0 Å². The Kier molecular flexibility index (Phi) is 5.88. The summed E-state index contributed by atoms with van der Waals surface area (Å²) in [5, 5.41) is 0.520. The first-order valence-corrected chi connectivity index (χ1v) is 11.3. The summed E-state index contributed by atoms with van der Waals surface area (Å²) in [4.78, 5) is 34.9. The predicted molar refractivity (Wildman–Crippen MR) is 133 cm³/mol. The van der Waals surface area contributed by atoms with Gasteiger partial charge in [-0.1, -0.05) is 30.3 Å². The fourth-order valence-corrected chi connectivity index (χ4v) is 3.94. The molecule has 0 radical (unpaired) electrons. The number of hydrogen-bond donors (Lipinski definition) is 2. The van der Waals surface area contributed by atoms with Gasteiger partial charge >= 0.3 is 0 Å². The van der Waals surface area contributed by atoms with Gasteiger partial charge in [0, 0.05) is 18.9 Å². The molecule has 0 saturated carbocycles. The summed E-state index contributed by atoms with van der Waals surface area (Å²) < 4.78 is 9.37. The van der Waals surface area contributed by atoms with Crippen LogP contribution in [0.25, 0.3) is 16.6 Å². The summed E-state index contributed by atoms with van der Waals surface area (Å²) in [5.74, 6) is 0.249. The zero-order chi connectivity index (χ0) is 24.4. The van der Waals surface area contributed by atoms with E-state index in [1.54, 1.807) is 42.5 Å². The summed E-state index contributed by atoms with van der Waals surface area (Å²) >= 11 is 0. The first-order valence-electron chi connectivity index (χ1n) is 11.3. The Labute approximate surface area is 201 Å². The first kappa shape index (κ1) is 22.1. The average molecular weight is 469 g/mol. The Morgan fingerprint density at radius 1 is 1.03 bits per heavy atom. The number of imidazole rings is 1. The van der Waals surface area contributed by atoms with Crippen molar-refractivity contribution in [2.24, 2.45) is 0 Å². The number of hydrazine groups is 1. The Morgan fingerprint density at radius 2 is 1.83 bits per heavy atom. The van der Waals surface area contributed by atoms with Gasteiger partial charge in [-0.05, 0) is 49.7 Å².